The summed E-state index contributed by atoms with van der Waals surface area (Å²) in [4.78, 5) is 26.1. The van der Waals surface area contributed by atoms with Crippen LogP contribution in [-0.2, 0) is 11.3 Å². The Morgan fingerprint density at radius 1 is 1.45 bits per heavy atom. The van der Waals surface area contributed by atoms with Crippen molar-refractivity contribution in [3.8, 4) is 0 Å². The molecule has 1 rings (SSSR count). The first kappa shape index (κ1) is 16.5. The molecule has 0 spiro atoms. The Kier molecular flexibility index (Phi) is 6.51. The topological polar surface area (TPSA) is 69.6 Å². The van der Waals surface area contributed by atoms with Gasteiger partial charge in [-0.25, -0.2) is 9.59 Å². The maximum Gasteiger partial charge on any atom is 0.326 e. The van der Waals surface area contributed by atoms with Gasteiger partial charge in [0.25, 0.3) is 0 Å². The third-order valence-electron chi connectivity index (χ3n) is 2.96. The Bertz CT molecular complexity index is 432. The zero-order valence-corrected chi connectivity index (χ0v) is 12.9. The molecule has 0 saturated carbocycles. The van der Waals surface area contributed by atoms with Gasteiger partial charge in [0.2, 0.25) is 0 Å². The smallest absolute Gasteiger partial charge is 0.326 e. The molecular weight excluding hydrogens is 276 g/mol. The Morgan fingerprint density at radius 2 is 2.15 bits per heavy atom. The lowest BCUT2D eigenvalue weighted by molar-refractivity contribution is -0.139. The summed E-state index contributed by atoms with van der Waals surface area (Å²) in [5.41, 5.74) is 0. The number of carboxylic acids is 1. The monoisotopic (exact) mass is 298 g/mol. The number of hydrogen-bond donors (Lipinski definition) is 2. The van der Waals surface area contributed by atoms with Gasteiger partial charge in [0, 0.05) is 10.9 Å². The van der Waals surface area contributed by atoms with Crippen molar-refractivity contribution in [1.29, 1.82) is 0 Å². The van der Waals surface area contributed by atoms with Crippen LogP contribution in [0.5, 0.6) is 0 Å². The second-order valence-corrected chi connectivity index (χ2v) is 5.96. The van der Waals surface area contributed by atoms with E-state index < -0.39 is 12.0 Å². The van der Waals surface area contributed by atoms with Crippen LogP contribution >= 0.6 is 11.3 Å². The molecule has 112 valence electrons. The molecule has 0 aromatic carbocycles. The average molecular weight is 298 g/mol. The molecule has 0 saturated heterocycles. The number of rotatable bonds is 7. The minimum absolute atomic E-state index is 0.00757. The summed E-state index contributed by atoms with van der Waals surface area (Å²) >= 11 is 1.58. The summed E-state index contributed by atoms with van der Waals surface area (Å²) in [6.07, 6.45) is 1.15. The van der Waals surface area contributed by atoms with Crippen LogP contribution in [0.2, 0.25) is 0 Å². The Labute approximate surface area is 123 Å². The molecule has 1 atom stereocenters. The molecule has 1 heterocycles. The number of hydrogen-bond acceptors (Lipinski definition) is 3. The van der Waals surface area contributed by atoms with E-state index in [4.69, 9.17) is 5.11 Å². The summed E-state index contributed by atoms with van der Waals surface area (Å²) in [5.74, 6) is -0.986. The SMILES string of the molecule is CCCC(NC(=O)N(Cc1cccs1)C(C)C)C(=O)O. The lowest BCUT2D eigenvalue weighted by Gasteiger charge is -2.28. The third kappa shape index (κ3) is 4.85. The van der Waals surface area contributed by atoms with E-state index >= 15 is 0 Å². The van der Waals surface area contributed by atoms with E-state index in [9.17, 15) is 9.59 Å². The summed E-state index contributed by atoms with van der Waals surface area (Å²) in [6.45, 7) is 6.24. The first-order valence-corrected chi connectivity index (χ1v) is 7.66. The molecule has 0 aliphatic carbocycles. The van der Waals surface area contributed by atoms with Crippen LogP contribution in [0.15, 0.2) is 17.5 Å². The lowest BCUT2D eigenvalue weighted by atomic mass is 10.2. The van der Waals surface area contributed by atoms with Crippen molar-refractivity contribution < 1.29 is 14.7 Å². The molecule has 1 aromatic heterocycles. The van der Waals surface area contributed by atoms with E-state index in [0.717, 1.165) is 4.88 Å². The number of aliphatic carboxylic acids is 1. The molecule has 2 N–H and O–H groups in total. The van der Waals surface area contributed by atoms with Gasteiger partial charge in [-0.05, 0) is 31.7 Å². The molecule has 2 amide bonds. The van der Waals surface area contributed by atoms with Crippen molar-refractivity contribution in [1.82, 2.24) is 10.2 Å². The standard InChI is InChI=1S/C14H22N2O3S/c1-4-6-12(13(17)18)15-14(19)16(10(2)3)9-11-7-5-8-20-11/h5,7-8,10,12H,4,6,9H2,1-3H3,(H,15,19)(H,17,18). The molecule has 1 aromatic rings. The summed E-state index contributed by atoms with van der Waals surface area (Å²) in [7, 11) is 0. The van der Waals surface area contributed by atoms with Crippen LogP contribution in [0.1, 0.15) is 38.5 Å². The van der Waals surface area contributed by atoms with Crippen LogP contribution in [0.4, 0.5) is 4.79 Å². The van der Waals surface area contributed by atoms with Gasteiger partial charge in [-0.3, -0.25) is 0 Å². The first-order valence-electron chi connectivity index (χ1n) is 6.78. The van der Waals surface area contributed by atoms with Gasteiger partial charge in [0.1, 0.15) is 6.04 Å². The number of carboxylic acid groups (broad SMARTS) is 1. The summed E-state index contributed by atoms with van der Waals surface area (Å²) in [5, 5.41) is 13.7. The fraction of sp³-hybridized carbons (Fsp3) is 0.571. The van der Waals surface area contributed by atoms with Crippen molar-refractivity contribution in [2.75, 3.05) is 0 Å². The molecule has 0 fully saturated rings. The fourth-order valence-corrected chi connectivity index (χ4v) is 2.54. The lowest BCUT2D eigenvalue weighted by Crippen LogP contribution is -2.49. The molecule has 0 aliphatic heterocycles. The average Bonchev–Trinajstić information content (AvgIpc) is 2.87. The Hall–Kier alpha value is -1.56. The quantitative estimate of drug-likeness (QED) is 0.813. The van der Waals surface area contributed by atoms with Gasteiger partial charge in [-0.15, -0.1) is 11.3 Å². The van der Waals surface area contributed by atoms with Gasteiger partial charge in [-0.1, -0.05) is 19.4 Å². The highest BCUT2D eigenvalue weighted by Gasteiger charge is 2.24. The van der Waals surface area contributed by atoms with Gasteiger partial charge in [-0.2, -0.15) is 0 Å². The number of carbonyl (C=O) groups is 2. The van der Waals surface area contributed by atoms with Crippen LogP contribution in [0.3, 0.4) is 0 Å². The molecule has 0 bridgehead atoms. The van der Waals surface area contributed by atoms with E-state index in [2.05, 4.69) is 5.32 Å². The number of nitrogens with one attached hydrogen (secondary N) is 1. The van der Waals surface area contributed by atoms with Crippen molar-refractivity contribution >= 4 is 23.3 Å². The highest BCUT2D eigenvalue weighted by molar-refractivity contribution is 7.09. The molecule has 1 unspecified atom stereocenters. The maximum absolute atomic E-state index is 12.3. The van der Waals surface area contributed by atoms with E-state index in [1.54, 1.807) is 16.2 Å². The summed E-state index contributed by atoms with van der Waals surface area (Å²) < 4.78 is 0. The summed E-state index contributed by atoms with van der Waals surface area (Å²) in [6, 6.07) is 2.77. The molecule has 6 heteroatoms. The molecule has 5 nitrogen and oxygen atoms in total. The molecule has 0 aliphatic rings. The Balaban J connectivity index is 2.70. The molecular formula is C14H22N2O3S. The highest BCUT2D eigenvalue weighted by atomic mass is 32.1. The molecule has 20 heavy (non-hydrogen) atoms. The van der Waals surface area contributed by atoms with Crippen LogP contribution < -0.4 is 5.32 Å². The van der Waals surface area contributed by atoms with Gasteiger partial charge in [0.15, 0.2) is 0 Å². The van der Waals surface area contributed by atoms with Crippen molar-refractivity contribution in [2.45, 2.75) is 52.2 Å². The van der Waals surface area contributed by atoms with Crippen molar-refractivity contribution in [3.63, 3.8) is 0 Å². The van der Waals surface area contributed by atoms with Gasteiger partial charge >= 0.3 is 12.0 Å². The van der Waals surface area contributed by atoms with E-state index in [1.807, 2.05) is 38.3 Å². The minimum atomic E-state index is -0.986. The van der Waals surface area contributed by atoms with Crippen LogP contribution in [-0.4, -0.2) is 34.1 Å². The second kappa shape index (κ2) is 7.89. The first-order chi connectivity index (χ1) is 9.45. The predicted molar refractivity (Wildman–Crippen MR) is 79.9 cm³/mol. The number of amides is 2. The number of urea groups is 1. The largest absolute Gasteiger partial charge is 0.480 e. The third-order valence-corrected chi connectivity index (χ3v) is 3.82. The number of carbonyl (C=O) groups excluding carboxylic acids is 1. The predicted octanol–water partition coefficient (Wildman–Crippen LogP) is 2.92. The normalized spacial score (nSPS) is 12.2. The van der Waals surface area contributed by atoms with Crippen LogP contribution in [0, 0.1) is 0 Å². The number of nitrogens with zero attached hydrogens (tertiary/aromatic N) is 1. The maximum atomic E-state index is 12.3. The number of thiophene rings is 1. The van der Waals surface area contributed by atoms with Gasteiger partial charge in [0.05, 0.1) is 6.54 Å². The highest BCUT2D eigenvalue weighted by Crippen LogP contribution is 2.14. The van der Waals surface area contributed by atoms with E-state index in [-0.39, 0.29) is 12.1 Å². The second-order valence-electron chi connectivity index (χ2n) is 4.93. The minimum Gasteiger partial charge on any atom is -0.480 e. The van der Waals surface area contributed by atoms with Crippen LogP contribution in [0.25, 0.3) is 0 Å². The van der Waals surface area contributed by atoms with Gasteiger partial charge < -0.3 is 15.3 Å². The van der Waals surface area contributed by atoms with Crippen molar-refractivity contribution in [3.05, 3.63) is 22.4 Å². The zero-order valence-electron chi connectivity index (χ0n) is 12.1. The molecule has 0 radical (unpaired) electrons. The van der Waals surface area contributed by atoms with E-state index in [1.165, 1.54) is 0 Å². The Morgan fingerprint density at radius 3 is 2.60 bits per heavy atom. The van der Waals surface area contributed by atoms with E-state index in [0.29, 0.717) is 19.4 Å². The zero-order chi connectivity index (χ0) is 15.1. The fourth-order valence-electron chi connectivity index (χ4n) is 1.84. The van der Waals surface area contributed by atoms with Crippen molar-refractivity contribution in [2.24, 2.45) is 0 Å².